The lowest BCUT2D eigenvalue weighted by Gasteiger charge is -2.13. The number of thiophene rings is 1. The fourth-order valence-electron chi connectivity index (χ4n) is 4.21. The Morgan fingerprint density at radius 3 is 3.03 bits per heavy atom. The second-order valence-electron chi connectivity index (χ2n) is 8.16. The molecule has 0 fully saturated rings. The quantitative estimate of drug-likeness (QED) is 0.306. The van der Waals surface area contributed by atoms with Gasteiger partial charge in [-0.25, -0.2) is 9.97 Å². The molecular weight excluding hydrogens is 468 g/mol. The molecule has 0 bridgehead atoms. The molecule has 5 rings (SSSR count). The highest BCUT2D eigenvalue weighted by atomic mass is 32.1. The van der Waals surface area contributed by atoms with Crippen molar-refractivity contribution in [3.63, 3.8) is 0 Å². The zero-order chi connectivity index (χ0) is 23.5. The van der Waals surface area contributed by atoms with E-state index in [9.17, 15) is 4.79 Å². The van der Waals surface area contributed by atoms with Crippen molar-refractivity contribution < 1.29 is 9.53 Å². The summed E-state index contributed by atoms with van der Waals surface area (Å²) >= 11 is 3.34. The lowest BCUT2D eigenvalue weighted by molar-refractivity contribution is -0.116. The summed E-state index contributed by atoms with van der Waals surface area (Å²) in [7, 11) is 1.67. The fraction of sp³-hybridized carbons (Fsp3) is 0.375. The number of amides is 1. The summed E-state index contributed by atoms with van der Waals surface area (Å²) in [6, 6.07) is 6.24. The zero-order valence-electron chi connectivity index (χ0n) is 19.3. The highest BCUT2D eigenvalue weighted by Gasteiger charge is 2.25. The van der Waals surface area contributed by atoms with Gasteiger partial charge in [0.25, 0.3) is 0 Å². The van der Waals surface area contributed by atoms with Crippen molar-refractivity contribution in [1.29, 1.82) is 0 Å². The third-order valence-corrected chi connectivity index (χ3v) is 8.08. The first-order valence-corrected chi connectivity index (χ1v) is 13.0. The van der Waals surface area contributed by atoms with Crippen molar-refractivity contribution in [3.8, 4) is 16.3 Å². The van der Waals surface area contributed by atoms with E-state index >= 15 is 0 Å². The molecule has 178 valence electrons. The molecule has 4 aromatic rings. The molecule has 34 heavy (non-hydrogen) atoms. The predicted molar refractivity (Wildman–Crippen MR) is 138 cm³/mol. The molecule has 0 unspecified atom stereocenters. The van der Waals surface area contributed by atoms with E-state index in [-0.39, 0.29) is 5.91 Å². The van der Waals surface area contributed by atoms with Crippen LogP contribution in [0.1, 0.15) is 22.7 Å². The van der Waals surface area contributed by atoms with E-state index in [1.165, 1.54) is 10.4 Å². The lowest BCUT2D eigenvalue weighted by atomic mass is 10.0. The van der Waals surface area contributed by atoms with Gasteiger partial charge in [-0.2, -0.15) is 0 Å². The number of rotatable bonds is 9. The molecule has 8 nitrogen and oxygen atoms in total. The maximum atomic E-state index is 12.7. The monoisotopic (exact) mass is 496 g/mol. The number of hydrogen-bond acceptors (Lipinski definition) is 8. The van der Waals surface area contributed by atoms with Crippen molar-refractivity contribution in [1.82, 2.24) is 25.2 Å². The van der Waals surface area contributed by atoms with Crippen LogP contribution in [0, 0.1) is 6.92 Å². The Labute approximate surface area is 206 Å². The molecule has 3 N–H and O–H groups in total. The van der Waals surface area contributed by atoms with Crippen molar-refractivity contribution in [2.24, 2.45) is 0 Å². The first-order valence-electron chi connectivity index (χ1n) is 11.4. The van der Waals surface area contributed by atoms with Crippen molar-refractivity contribution >= 4 is 43.8 Å². The van der Waals surface area contributed by atoms with Crippen molar-refractivity contribution in [3.05, 3.63) is 46.9 Å². The Morgan fingerprint density at radius 2 is 2.21 bits per heavy atom. The first-order chi connectivity index (χ1) is 16.7. The van der Waals surface area contributed by atoms with E-state index in [1.54, 1.807) is 29.8 Å². The number of nitrogens with zero attached hydrogens (tertiary/aromatic N) is 3. The van der Waals surface area contributed by atoms with Crippen LogP contribution in [0.3, 0.4) is 0 Å². The number of thiazole rings is 1. The van der Waals surface area contributed by atoms with Gasteiger partial charge in [-0.15, -0.1) is 22.7 Å². The Bertz CT molecular complexity index is 1310. The van der Waals surface area contributed by atoms with E-state index in [1.807, 2.05) is 19.3 Å². The predicted octanol–water partition coefficient (Wildman–Crippen LogP) is 3.73. The number of ether oxygens (including phenoxy) is 1. The SMILES string of the molecule is COCCNCCC(=O)Nc1sc2c(c1-c1nc3c(-n4ccnc4C)cccc3s1)CCNC2. The van der Waals surface area contributed by atoms with E-state index in [2.05, 4.69) is 43.7 Å². The maximum Gasteiger partial charge on any atom is 0.226 e. The number of aromatic nitrogens is 3. The molecule has 0 spiro atoms. The van der Waals surface area contributed by atoms with Crippen LogP contribution in [0.15, 0.2) is 30.6 Å². The second kappa shape index (κ2) is 10.3. The number of anilines is 1. The van der Waals surface area contributed by atoms with Crippen molar-refractivity contribution in [2.75, 3.05) is 38.7 Å². The number of methoxy groups -OCH3 is 1. The van der Waals surface area contributed by atoms with Crippen LogP contribution in [-0.4, -0.2) is 53.8 Å². The minimum atomic E-state index is 0.00793. The van der Waals surface area contributed by atoms with Crippen LogP contribution in [0.2, 0.25) is 0 Å². The summed E-state index contributed by atoms with van der Waals surface area (Å²) in [6.07, 6.45) is 5.11. The van der Waals surface area contributed by atoms with Crippen molar-refractivity contribution in [2.45, 2.75) is 26.3 Å². The zero-order valence-corrected chi connectivity index (χ0v) is 20.9. The number of nitrogens with one attached hydrogen (secondary N) is 3. The third kappa shape index (κ3) is 4.64. The van der Waals surface area contributed by atoms with Gasteiger partial charge < -0.3 is 25.3 Å². The molecule has 0 atom stereocenters. The van der Waals surface area contributed by atoms with Gasteiger partial charge >= 0.3 is 0 Å². The maximum absolute atomic E-state index is 12.7. The summed E-state index contributed by atoms with van der Waals surface area (Å²) in [5.74, 6) is 0.932. The largest absolute Gasteiger partial charge is 0.383 e. The highest BCUT2D eigenvalue weighted by Crippen LogP contribution is 2.45. The minimum absolute atomic E-state index is 0.00793. The Balaban J connectivity index is 1.48. The van der Waals surface area contributed by atoms with Gasteiger partial charge in [0, 0.05) is 56.0 Å². The van der Waals surface area contributed by atoms with Gasteiger partial charge in [0.2, 0.25) is 5.91 Å². The molecule has 0 saturated carbocycles. The highest BCUT2D eigenvalue weighted by molar-refractivity contribution is 7.23. The summed E-state index contributed by atoms with van der Waals surface area (Å²) in [4.78, 5) is 23.5. The van der Waals surface area contributed by atoms with Crippen LogP contribution < -0.4 is 16.0 Å². The fourth-order valence-corrected chi connectivity index (χ4v) is 6.57. The molecule has 1 amide bonds. The molecule has 1 aliphatic rings. The number of benzene rings is 1. The molecule has 0 radical (unpaired) electrons. The average Bonchev–Trinajstić information content (AvgIpc) is 3.54. The van der Waals surface area contributed by atoms with E-state index < -0.39 is 0 Å². The van der Waals surface area contributed by atoms with Gasteiger partial charge in [0.15, 0.2) is 0 Å². The number of aryl methyl sites for hydroxylation is 1. The average molecular weight is 497 g/mol. The number of hydrogen-bond donors (Lipinski definition) is 3. The normalized spacial score (nSPS) is 13.4. The topological polar surface area (TPSA) is 93.1 Å². The molecule has 3 aromatic heterocycles. The summed E-state index contributed by atoms with van der Waals surface area (Å²) in [6.45, 7) is 5.73. The molecule has 1 aliphatic heterocycles. The van der Waals surface area contributed by atoms with Crippen LogP contribution in [0.5, 0.6) is 0 Å². The van der Waals surface area contributed by atoms with E-state index in [0.29, 0.717) is 19.6 Å². The van der Waals surface area contributed by atoms with Gasteiger partial charge in [-0.05, 0) is 37.6 Å². The molecule has 4 heterocycles. The number of carbonyl (C=O) groups is 1. The molecule has 10 heteroatoms. The number of para-hydroxylation sites is 1. The number of carbonyl (C=O) groups excluding carboxylic acids is 1. The minimum Gasteiger partial charge on any atom is -0.383 e. The number of imidazole rings is 1. The summed E-state index contributed by atoms with van der Waals surface area (Å²) in [5, 5.41) is 11.7. The summed E-state index contributed by atoms with van der Waals surface area (Å²) < 4.78 is 8.23. The molecule has 1 aromatic carbocycles. The van der Waals surface area contributed by atoms with Gasteiger partial charge in [0.1, 0.15) is 21.3 Å². The molecule has 0 saturated heterocycles. The molecule has 0 aliphatic carbocycles. The second-order valence-corrected chi connectivity index (χ2v) is 10.3. The number of fused-ring (bicyclic) bond motifs is 2. The van der Waals surface area contributed by atoms with E-state index in [0.717, 1.165) is 63.4 Å². The van der Waals surface area contributed by atoms with Gasteiger partial charge in [-0.1, -0.05) is 6.07 Å². The standard InChI is InChI=1S/C24H28N6O2S2/c1-15-27-10-12-30(15)17-4-3-5-18-22(17)29-24(33-18)21-16-6-8-26-14-19(16)34-23(21)28-20(31)7-9-25-11-13-32-2/h3-5,10,12,25-26H,6-9,11,13-14H2,1-2H3,(H,28,31). The Morgan fingerprint density at radius 1 is 1.29 bits per heavy atom. The summed E-state index contributed by atoms with van der Waals surface area (Å²) in [5.41, 5.74) is 4.36. The Kier molecular flexibility index (Phi) is 7.02. The van der Waals surface area contributed by atoms with E-state index in [4.69, 9.17) is 9.72 Å². The van der Waals surface area contributed by atoms with Crippen LogP contribution in [0.25, 0.3) is 26.5 Å². The van der Waals surface area contributed by atoms with Crippen LogP contribution in [-0.2, 0) is 22.5 Å². The Hall–Kier alpha value is -2.63. The first kappa shape index (κ1) is 23.1. The van der Waals surface area contributed by atoms with Gasteiger partial charge in [0.05, 0.1) is 17.0 Å². The third-order valence-electron chi connectivity index (χ3n) is 5.89. The lowest BCUT2D eigenvalue weighted by Crippen LogP contribution is -2.24. The molecular formula is C24H28N6O2S2. The van der Waals surface area contributed by atoms with Crippen LogP contribution >= 0.6 is 22.7 Å². The van der Waals surface area contributed by atoms with Gasteiger partial charge in [-0.3, -0.25) is 4.79 Å². The van der Waals surface area contributed by atoms with Crippen LogP contribution in [0.4, 0.5) is 5.00 Å². The smallest absolute Gasteiger partial charge is 0.226 e.